The number of alkyl halides is 3. The van der Waals surface area contributed by atoms with Gasteiger partial charge in [-0.05, 0) is 44.2 Å². The number of carbonyl (C=O) groups is 2. The number of hydrogen-bond acceptors (Lipinski definition) is 5. The van der Waals surface area contributed by atoms with E-state index < -0.39 is 22.9 Å². The van der Waals surface area contributed by atoms with Gasteiger partial charge in [0.25, 0.3) is 0 Å². The summed E-state index contributed by atoms with van der Waals surface area (Å²) in [6, 6.07) is 6.98. The van der Waals surface area contributed by atoms with Crippen molar-refractivity contribution >= 4 is 29.3 Å². The lowest BCUT2D eigenvalue weighted by Gasteiger charge is -2.24. The normalized spacial score (nSPS) is 19.2. The van der Waals surface area contributed by atoms with Gasteiger partial charge in [0.05, 0.1) is 23.1 Å². The Balaban J connectivity index is 1.40. The Labute approximate surface area is 193 Å². The van der Waals surface area contributed by atoms with E-state index in [2.05, 4.69) is 10.6 Å². The molecule has 0 spiro atoms. The maximum absolute atomic E-state index is 12.9. The highest BCUT2D eigenvalue weighted by Gasteiger charge is 2.34. The van der Waals surface area contributed by atoms with E-state index in [1.54, 1.807) is 0 Å². The summed E-state index contributed by atoms with van der Waals surface area (Å²) in [5.74, 6) is 0.591. The van der Waals surface area contributed by atoms with E-state index in [1.165, 1.54) is 6.07 Å². The lowest BCUT2D eigenvalue weighted by atomic mass is 10.1. The van der Waals surface area contributed by atoms with Crippen LogP contribution in [-0.4, -0.2) is 29.8 Å². The van der Waals surface area contributed by atoms with Gasteiger partial charge in [-0.3, -0.25) is 9.59 Å². The van der Waals surface area contributed by atoms with Crippen LogP contribution < -0.4 is 20.1 Å². The second-order valence-electron chi connectivity index (χ2n) is 7.92. The summed E-state index contributed by atoms with van der Waals surface area (Å²) in [5, 5.41) is 4.54. The lowest BCUT2D eigenvalue weighted by Crippen LogP contribution is -2.34. The Morgan fingerprint density at radius 1 is 1.30 bits per heavy atom. The number of benzene rings is 2. The molecular formula is C23H23F3N2O4S. The van der Waals surface area contributed by atoms with Crippen molar-refractivity contribution in [3.05, 3.63) is 47.0 Å². The fourth-order valence-corrected chi connectivity index (χ4v) is 4.90. The van der Waals surface area contributed by atoms with Crippen molar-refractivity contribution in [3.63, 3.8) is 0 Å². The zero-order chi connectivity index (χ0) is 23.8. The molecular weight excluding hydrogens is 457 g/mol. The van der Waals surface area contributed by atoms with E-state index >= 15 is 0 Å². The van der Waals surface area contributed by atoms with Gasteiger partial charge in [-0.25, -0.2) is 0 Å². The first kappa shape index (κ1) is 23.3. The molecule has 10 heteroatoms. The minimum atomic E-state index is -4.50. The molecule has 2 heterocycles. The van der Waals surface area contributed by atoms with Crippen LogP contribution in [0.25, 0.3) is 0 Å². The van der Waals surface area contributed by atoms with Gasteiger partial charge in [0, 0.05) is 35.4 Å². The van der Waals surface area contributed by atoms with Crippen molar-refractivity contribution in [2.24, 2.45) is 0 Å². The molecule has 0 unspecified atom stereocenters. The molecule has 0 fully saturated rings. The number of hydrogen-bond donors (Lipinski definition) is 2. The zero-order valence-corrected chi connectivity index (χ0v) is 18.9. The average molecular weight is 481 g/mol. The number of thioether (sulfide) groups is 1. The Hall–Kier alpha value is -2.88. The Bertz CT molecular complexity index is 1090. The first-order valence-corrected chi connectivity index (χ1v) is 11.4. The van der Waals surface area contributed by atoms with Gasteiger partial charge in [-0.15, -0.1) is 11.8 Å². The van der Waals surface area contributed by atoms with E-state index in [0.717, 1.165) is 47.2 Å². The largest absolute Gasteiger partial charge is 0.494 e. The minimum Gasteiger partial charge on any atom is -0.494 e. The average Bonchev–Trinajstić information content (AvgIpc) is 3.10. The standard InChI is InChI=1S/C23H23F3N2O4S/c1-3-31-17-7-13-6-12(2)32-18(13)8-14(17)11-27-21(29)10-20-22(30)28-16-9-15(23(24,25)26)4-5-19(16)33-20/h4-5,7-9,12,20H,3,6,10-11H2,1-2H3,(H,27,29)(H,28,30)/t12-,20+/m1/s1. The third-order valence-electron chi connectivity index (χ3n) is 5.35. The molecule has 33 heavy (non-hydrogen) atoms. The molecule has 0 aliphatic carbocycles. The van der Waals surface area contributed by atoms with Crippen molar-refractivity contribution in [1.29, 1.82) is 0 Å². The molecule has 4 rings (SSSR count). The van der Waals surface area contributed by atoms with Gasteiger partial charge in [0.1, 0.15) is 17.6 Å². The van der Waals surface area contributed by atoms with Crippen LogP contribution in [0.2, 0.25) is 0 Å². The highest BCUT2D eigenvalue weighted by Crippen LogP contribution is 2.40. The SMILES string of the molecule is CCOc1cc2c(cc1CNC(=O)C[C@@H]1Sc3ccc(C(F)(F)F)cc3NC1=O)O[C@H](C)C2. The molecule has 0 radical (unpaired) electrons. The fraction of sp³-hybridized carbons (Fsp3) is 0.391. The molecule has 2 atom stereocenters. The topological polar surface area (TPSA) is 76.7 Å². The van der Waals surface area contributed by atoms with Gasteiger partial charge >= 0.3 is 6.18 Å². The van der Waals surface area contributed by atoms with Crippen LogP contribution in [0.3, 0.4) is 0 Å². The molecule has 2 aromatic carbocycles. The number of rotatable bonds is 6. The molecule has 0 bridgehead atoms. The Kier molecular flexibility index (Phi) is 6.47. The number of amides is 2. The molecule has 2 aliphatic heterocycles. The van der Waals surface area contributed by atoms with Crippen LogP contribution in [0, 0.1) is 0 Å². The van der Waals surface area contributed by atoms with Gasteiger partial charge in [0.15, 0.2) is 0 Å². The molecule has 2 aliphatic rings. The maximum Gasteiger partial charge on any atom is 0.416 e. The monoisotopic (exact) mass is 480 g/mol. The Morgan fingerprint density at radius 3 is 2.82 bits per heavy atom. The minimum absolute atomic E-state index is 0.0799. The second-order valence-corrected chi connectivity index (χ2v) is 9.16. The van der Waals surface area contributed by atoms with Crippen molar-refractivity contribution in [3.8, 4) is 11.5 Å². The van der Waals surface area contributed by atoms with Gasteiger partial charge in [0.2, 0.25) is 11.8 Å². The summed E-state index contributed by atoms with van der Waals surface area (Å²) in [7, 11) is 0. The van der Waals surface area contributed by atoms with E-state index in [1.807, 2.05) is 26.0 Å². The van der Waals surface area contributed by atoms with Crippen LogP contribution >= 0.6 is 11.8 Å². The molecule has 6 nitrogen and oxygen atoms in total. The summed E-state index contributed by atoms with van der Waals surface area (Å²) in [5.41, 5.74) is 1.09. The third-order valence-corrected chi connectivity index (χ3v) is 6.63. The van der Waals surface area contributed by atoms with Crippen LogP contribution in [0.4, 0.5) is 18.9 Å². The highest BCUT2D eigenvalue weighted by atomic mass is 32.2. The first-order valence-electron chi connectivity index (χ1n) is 10.5. The van der Waals surface area contributed by atoms with Crippen molar-refractivity contribution in [2.45, 2.75) is 55.7 Å². The lowest BCUT2D eigenvalue weighted by molar-refractivity contribution is -0.137. The molecule has 0 saturated heterocycles. The van der Waals surface area contributed by atoms with E-state index in [4.69, 9.17) is 9.47 Å². The fourth-order valence-electron chi connectivity index (χ4n) is 3.80. The van der Waals surface area contributed by atoms with Crippen molar-refractivity contribution in [2.75, 3.05) is 11.9 Å². The van der Waals surface area contributed by atoms with Crippen molar-refractivity contribution < 1.29 is 32.2 Å². The maximum atomic E-state index is 12.9. The van der Waals surface area contributed by atoms with Gasteiger partial charge in [-0.1, -0.05) is 0 Å². The number of halogens is 3. The summed E-state index contributed by atoms with van der Waals surface area (Å²) >= 11 is 1.08. The molecule has 2 aromatic rings. The summed E-state index contributed by atoms with van der Waals surface area (Å²) in [4.78, 5) is 25.4. The van der Waals surface area contributed by atoms with Crippen LogP contribution in [-0.2, 0) is 28.7 Å². The smallest absolute Gasteiger partial charge is 0.416 e. The van der Waals surface area contributed by atoms with Crippen LogP contribution in [0.15, 0.2) is 35.2 Å². The van der Waals surface area contributed by atoms with Crippen LogP contribution in [0.5, 0.6) is 11.5 Å². The number of nitrogens with one attached hydrogen (secondary N) is 2. The predicted octanol–water partition coefficient (Wildman–Crippen LogP) is 4.55. The number of fused-ring (bicyclic) bond motifs is 2. The zero-order valence-electron chi connectivity index (χ0n) is 18.0. The number of anilines is 1. The first-order chi connectivity index (χ1) is 15.6. The van der Waals surface area contributed by atoms with Gasteiger partial charge in [-0.2, -0.15) is 13.2 Å². The molecule has 176 valence electrons. The molecule has 0 aromatic heterocycles. The van der Waals surface area contributed by atoms with Gasteiger partial charge < -0.3 is 20.1 Å². The van der Waals surface area contributed by atoms with Crippen molar-refractivity contribution in [1.82, 2.24) is 5.32 Å². The molecule has 2 N–H and O–H groups in total. The van der Waals surface area contributed by atoms with E-state index in [0.29, 0.717) is 17.3 Å². The molecule has 2 amide bonds. The second kappa shape index (κ2) is 9.17. The molecule has 0 saturated carbocycles. The predicted molar refractivity (Wildman–Crippen MR) is 118 cm³/mol. The highest BCUT2D eigenvalue weighted by molar-refractivity contribution is 8.01. The van der Waals surface area contributed by atoms with Crippen LogP contribution in [0.1, 0.15) is 37.0 Å². The number of ether oxygens (including phenoxy) is 2. The Morgan fingerprint density at radius 2 is 2.09 bits per heavy atom. The third kappa shape index (κ3) is 5.21. The van der Waals surface area contributed by atoms with E-state index in [9.17, 15) is 22.8 Å². The number of carbonyl (C=O) groups excluding carboxylic acids is 2. The van der Waals surface area contributed by atoms with E-state index in [-0.39, 0.29) is 30.7 Å². The summed E-state index contributed by atoms with van der Waals surface area (Å²) in [6.45, 7) is 4.54. The summed E-state index contributed by atoms with van der Waals surface area (Å²) in [6.07, 6.45) is -3.74. The summed E-state index contributed by atoms with van der Waals surface area (Å²) < 4.78 is 50.2. The quantitative estimate of drug-likeness (QED) is 0.635.